The molecule has 1 saturated carbocycles. The van der Waals surface area contributed by atoms with E-state index in [-0.39, 0.29) is 23.8 Å². The summed E-state index contributed by atoms with van der Waals surface area (Å²) in [4.78, 5) is 28.2. The highest BCUT2D eigenvalue weighted by atomic mass is 16.5. The predicted molar refractivity (Wildman–Crippen MR) is 75.7 cm³/mol. The van der Waals surface area contributed by atoms with Crippen molar-refractivity contribution < 1.29 is 18.7 Å². The summed E-state index contributed by atoms with van der Waals surface area (Å²) in [7, 11) is 1.39. The van der Waals surface area contributed by atoms with Gasteiger partial charge in [-0.25, -0.2) is 4.98 Å². The van der Waals surface area contributed by atoms with Crippen LogP contribution in [0.15, 0.2) is 10.8 Å². The molecule has 1 amide bonds. The number of carbonyl (C=O) groups excluding carboxylic acids is 2. The van der Waals surface area contributed by atoms with E-state index in [4.69, 9.17) is 9.15 Å². The van der Waals surface area contributed by atoms with Gasteiger partial charge in [0.1, 0.15) is 5.76 Å². The predicted octanol–water partition coefficient (Wildman–Crippen LogP) is 2.09. The summed E-state index contributed by atoms with van der Waals surface area (Å²) >= 11 is 0. The van der Waals surface area contributed by atoms with Gasteiger partial charge in [-0.15, -0.1) is 0 Å². The smallest absolute Gasteiger partial charge is 0.310 e. The third-order valence-corrected chi connectivity index (χ3v) is 4.01. The maximum absolute atomic E-state index is 12.3. The fraction of sp³-hybridized carbons (Fsp3) is 0.667. The number of nitrogens with one attached hydrogen (secondary N) is 1. The van der Waals surface area contributed by atoms with E-state index in [0.29, 0.717) is 17.9 Å². The standard InChI is InChI=1S/C15H22N2O4/c1-3-12-13(16-9-21-12)14(18)17-11-8-6-4-5-7-10(11)15(19)20-2/h9-11H,3-8H2,1-2H3,(H,17,18)/t10-,11+/m0/s1. The van der Waals surface area contributed by atoms with Crippen LogP contribution in [-0.2, 0) is 16.0 Å². The molecule has 2 rings (SSSR count). The van der Waals surface area contributed by atoms with E-state index >= 15 is 0 Å². The van der Waals surface area contributed by atoms with Gasteiger partial charge in [-0.05, 0) is 12.8 Å². The molecule has 0 aliphatic heterocycles. The van der Waals surface area contributed by atoms with Crippen molar-refractivity contribution in [3.05, 3.63) is 17.8 Å². The second kappa shape index (κ2) is 7.24. The van der Waals surface area contributed by atoms with Gasteiger partial charge in [-0.1, -0.05) is 26.2 Å². The second-order valence-electron chi connectivity index (χ2n) is 5.33. The van der Waals surface area contributed by atoms with Gasteiger partial charge in [0.15, 0.2) is 12.1 Å². The van der Waals surface area contributed by atoms with E-state index in [2.05, 4.69) is 10.3 Å². The van der Waals surface area contributed by atoms with Gasteiger partial charge in [-0.2, -0.15) is 0 Å². The van der Waals surface area contributed by atoms with Crippen molar-refractivity contribution in [2.24, 2.45) is 5.92 Å². The average Bonchev–Trinajstić information content (AvgIpc) is 2.86. The fourth-order valence-electron chi connectivity index (χ4n) is 2.86. The molecule has 0 unspecified atom stereocenters. The number of aryl methyl sites for hydroxylation is 1. The van der Waals surface area contributed by atoms with E-state index < -0.39 is 0 Å². The molecule has 1 aliphatic carbocycles. The molecule has 1 aromatic rings. The van der Waals surface area contributed by atoms with Gasteiger partial charge in [0.2, 0.25) is 0 Å². The van der Waals surface area contributed by atoms with Crippen LogP contribution in [0.3, 0.4) is 0 Å². The van der Waals surface area contributed by atoms with E-state index in [9.17, 15) is 9.59 Å². The van der Waals surface area contributed by atoms with Crippen LogP contribution in [0.2, 0.25) is 0 Å². The molecule has 1 aliphatic rings. The Balaban J connectivity index is 2.10. The van der Waals surface area contributed by atoms with Crippen LogP contribution in [0.25, 0.3) is 0 Å². The maximum Gasteiger partial charge on any atom is 0.310 e. The summed E-state index contributed by atoms with van der Waals surface area (Å²) in [6, 6.07) is -0.200. The highest BCUT2D eigenvalue weighted by Crippen LogP contribution is 2.25. The lowest BCUT2D eigenvalue weighted by Gasteiger charge is -2.23. The zero-order valence-corrected chi connectivity index (χ0v) is 12.6. The Morgan fingerprint density at radius 3 is 2.86 bits per heavy atom. The molecular formula is C15H22N2O4. The van der Waals surface area contributed by atoms with E-state index in [1.54, 1.807) is 0 Å². The van der Waals surface area contributed by atoms with Crippen molar-refractivity contribution in [2.45, 2.75) is 51.5 Å². The van der Waals surface area contributed by atoms with E-state index in [0.717, 1.165) is 32.1 Å². The fourth-order valence-corrected chi connectivity index (χ4v) is 2.86. The first-order chi connectivity index (χ1) is 10.2. The molecule has 1 heterocycles. The minimum absolute atomic E-state index is 0.200. The molecule has 6 heteroatoms. The van der Waals surface area contributed by atoms with Crippen LogP contribution in [-0.4, -0.2) is 30.0 Å². The number of hydrogen-bond acceptors (Lipinski definition) is 5. The van der Waals surface area contributed by atoms with E-state index in [1.165, 1.54) is 13.5 Å². The number of aromatic nitrogens is 1. The minimum Gasteiger partial charge on any atom is -0.469 e. The maximum atomic E-state index is 12.3. The Morgan fingerprint density at radius 2 is 2.14 bits per heavy atom. The molecule has 0 radical (unpaired) electrons. The van der Waals surface area contributed by atoms with Crippen molar-refractivity contribution in [2.75, 3.05) is 7.11 Å². The Kier molecular flexibility index (Phi) is 5.36. The van der Waals surface area contributed by atoms with Gasteiger partial charge in [0.05, 0.1) is 13.0 Å². The quantitative estimate of drug-likeness (QED) is 0.679. The zero-order chi connectivity index (χ0) is 15.2. The SMILES string of the molecule is CCc1ocnc1C(=O)N[C@@H]1CCCCC[C@@H]1C(=O)OC. The van der Waals surface area contributed by atoms with Crippen molar-refractivity contribution in [1.82, 2.24) is 10.3 Å². The highest BCUT2D eigenvalue weighted by molar-refractivity contribution is 5.93. The Hall–Kier alpha value is -1.85. The topological polar surface area (TPSA) is 81.4 Å². The highest BCUT2D eigenvalue weighted by Gasteiger charge is 2.32. The number of hydrogen-bond donors (Lipinski definition) is 1. The molecule has 2 atom stereocenters. The molecule has 1 aromatic heterocycles. The summed E-state index contributed by atoms with van der Waals surface area (Å²) in [5.74, 6) is -0.242. The third kappa shape index (κ3) is 3.62. The van der Waals surface area contributed by atoms with Gasteiger partial charge in [-0.3, -0.25) is 9.59 Å². The first-order valence-electron chi connectivity index (χ1n) is 7.48. The summed E-state index contributed by atoms with van der Waals surface area (Å²) in [6.45, 7) is 1.90. The summed E-state index contributed by atoms with van der Waals surface area (Å²) < 4.78 is 10.0. The van der Waals surface area contributed by atoms with Gasteiger partial charge >= 0.3 is 5.97 Å². The van der Waals surface area contributed by atoms with Crippen LogP contribution in [0, 0.1) is 5.92 Å². The molecule has 1 N–H and O–H groups in total. The third-order valence-electron chi connectivity index (χ3n) is 4.01. The monoisotopic (exact) mass is 294 g/mol. The Labute approximate surface area is 124 Å². The van der Waals surface area contributed by atoms with Crippen LogP contribution in [0.4, 0.5) is 0 Å². The van der Waals surface area contributed by atoms with Crippen LogP contribution < -0.4 is 5.32 Å². The molecular weight excluding hydrogens is 272 g/mol. The molecule has 0 spiro atoms. The van der Waals surface area contributed by atoms with Crippen LogP contribution in [0.1, 0.15) is 55.3 Å². The Bertz CT molecular complexity index is 498. The first kappa shape index (κ1) is 15.5. The minimum atomic E-state index is -0.279. The summed E-state index contributed by atoms with van der Waals surface area (Å²) in [6.07, 6.45) is 6.46. The Morgan fingerprint density at radius 1 is 1.38 bits per heavy atom. The average molecular weight is 294 g/mol. The number of oxazole rings is 1. The number of esters is 1. The van der Waals surface area contributed by atoms with E-state index in [1.807, 2.05) is 6.92 Å². The molecule has 0 aromatic carbocycles. The largest absolute Gasteiger partial charge is 0.469 e. The number of methoxy groups -OCH3 is 1. The van der Waals surface area contributed by atoms with Crippen LogP contribution >= 0.6 is 0 Å². The number of amides is 1. The van der Waals surface area contributed by atoms with Crippen molar-refractivity contribution in [3.8, 4) is 0 Å². The molecule has 0 bridgehead atoms. The van der Waals surface area contributed by atoms with Crippen molar-refractivity contribution >= 4 is 11.9 Å². The number of ether oxygens (including phenoxy) is 1. The number of carbonyl (C=O) groups is 2. The lowest BCUT2D eigenvalue weighted by atomic mass is 9.94. The molecule has 1 fully saturated rings. The molecule has 21 heavy (non-hydrogen) atoms. The van der Waals surface area contributed by atoms with Crippen molar-refractivity contribution in [3.63, 3.8) is 0 Å². The van der Waals surface area contributed by atoms with Gasteiger partial charge < -0.3 is 14.5 Å². The van der Waals surface area contributed by atoms with Crippen LogP contribution in [0.5, 0.6) is 0 Å². The molecule has 0 saturated heterocycles. The number of rotatable bonds is 4. The normalized spacial score (nSPS) is 22.4. The van der Waals surface area contributed by atoms with Gasteiger partial charge in [0.25, 0.3) is 5.91 Å². The summed E-state index contributed by atoms with van der Waals surface area (Å²) in [5, 5.41) is 2.94. The first-order valence-corrected chi connectivity index (χ1v) is 7.48. The van der Waals surface area contributed by atoms with Crippen molar-refractivity contribution in [1.29, 1.82) is 0 Å². The second-order valence-corrected chi connectivity index (χ2v) is 5.33. The summed E-state index contributed by atoms with van der Waals surface area (Å²) in [5.41, 5.74) is 0.311. The van der Waals surface area contributed by atoms with Gasteiger partial charge in [0, 0.05) is 12.5 Å². The molecule has 6 nitrogen and oxygen atoms in total. The zero-order valence-electron chi connectivity index (χ0n) is 12.6. The lowest BCUT2D eigenvalue weighted by molar-refractivity contribution is -0.146. The molecule has 116 valence electrons. The lowest BCUT2D eigenvalue weighted by Crippen LogP contribution is -2.43. The number of nitrogens with zero attached hydrogens (tertiary/aromatic N) is 1.